The number of methoxy groups -OCH3 is 2. The summed E-state index contributed by atoms with van der Waals surface area (Å²) in [4.78, 5) is 3.72. The van der Waals surface area contributed by atoms with Crippen LogP contribution in [0.1, 0.15) is 0 Å². The Morgan fingerprint density at radius 1 is 1.60 bits per heavy atom. The molecule has 0 aliphatic rings. The summed E-state index contributed by atoms with van der Waals surface area (Å²) >= 11 is 4.39. The quantitative estimate of drug-likeness (QED) is 0.440. The van der Waals surface area contributed by atoms with E-state index in [1.807, 2.05) is 0 Å². The van der Waals surface area contributed by atoms with Gasteiger partial charge in [0.15, 0.2) is 0 Å². The molecule has 0 N–H and O–H groups in total. The Balaban J connectivity index is 3.48. The van der Waals surface area contributed by atoms with Crippen molar-refractivity contribution in [1.29, 1.82) is 0 Å². The summed E-state index contributed by atoms with van der Waals surface area (Å²) in [6, 6.07) is 0. The SMILES string of the molecule is COCC(CN=C=S)OC. The average molecular weight is 161 g/mol. The van der Waals surface area contributed by atoms with E-state index in [2.05, 4.69) is 22.4 Å². The first kappa shape index (κ1) is 9.72. The maximum Gasteiger partial charge on any atom is 0.101 e. The van der Waals surface area contributed by atoms with Crippen molar-refractivity contribution in [2.24, 2.45) is 4.99 Å². The molecule has 1 atom stereocenters. The van der Waals surface area contributed by atoms with E-state index in [1.54, 1.807) is 14.2 Å². The highest BCUT2D eigenvalue weighted by molar-refractivity contribution is 7.78. The molecule has 0 aliphatic heterocycles. The Hall–Kier alpha value is -0.280. The van der Waals surface area contributed by atoms with E-state index in [1.165, 1.54) is 0 Å². The van der Waals surface area contributed by atoms with Gasteiger partial charge in [0, 0.05) is 14.2 Å². The Labute approximate surface area is 66.0 Å². The van der Waals surface area contributed by atoms with Crippen molar-refractivity contribution >= 4 is 17.4 Å². The van der Waals surface area contributed by atoms with Crippen LogP contribution in [0.15, 0.2) is 4.99 Å². The summed E-state index contributed by atoms with van der Waals surface area (Å²) in [5, 5.41) is 2.26. The monoisotopic (exact) mass is 161 g/mol. The molecule has 0 spiro atoms. The van der Waals surface area contributed by atoms with Crippen LogP contribution in [0, 0.1) is 0 Å². The topological polar surface area (TPSA) is 30.8 Å². The maximum atomic E-state index is 4.99. The lowest BCUT2D eigenvalue weighted by molar-refractivity contribution is 0.0345. The van der Waals surface area contributed by atoms with E-state index >= 15 is 0 Å². The van der Waals surface area contributed by atoms with Gasteiger partial charge in [0.05, 0.1) is 18.3 Å². The highest BCUT2D eigenvalue weighted by Crippen LogP contribution is 1.90. The van der Waals surface area contributed by atoms with Crippen LogP contribution >= 0.6 is 12.2 Å². The first-order chi connectivity index (χ1) is 4.85. The molecule has 58 valence electrons. The Bertz CT molecular complexity index is 123. The van der Waals surface area contributed by atoms with Gasteiger partial charge in [-0.2, -0.15) is 0 Å². The van der Waals surface area contributed by atoms with E-state index in [4.69, 9.17) is 9.47 Å². The number of thiocarbonyl (C=S) groups is 1. The molecule has 4 heteroatoms. The lowest BCUT2D eigenvalue weighted by Crippen LogP contribution is -2.20. The van der Waals surface area contributed by atoms with Gasteiger partial charge < -0.3 is 9.47 Å². The number of isothiocyanates is 1. The van der Waals surface area contributed by atoms with Gasteiger partial charge in [0.1, 0.15) is 6.10 Å². The van der Waals surface area contributed by atoms with E-state index < -0.39 is 0 Å². The molecule has 0 aromatic rings. The molecule has 0 aliphatic carbocycles. The van der Waals surface area contributed by atoms with Crippen molar-refractivity contribution in [3.05, 3.63) is 0 Å². The molecule has 0 radical (unpaired) electrons. The minimum atomic E-state index is 0.000417. The minimum absolute atomic E-state index is 0.000417. The molecule has 0 rings (SSSR count). The molecular weight excluding hydrogens is 150 g/mol. The third-order valence-electron chi connectivity index (χ3n) is 1.05. The zero-order valence-corrected chi connectivity index (χ0v) is 6.98. The van der Waals surface area contributed by atoms with Crippen molar-refractivity contribution in [2.45, 2.75) is 6.10 Å². The molecule has 0 saturated heterocycles. The fraction of sp³-hybridized carbons (Fsp3) is 0.833. The third-order valence-corrected chi connectivity index (χ3v) is 1.17. The number of rotatable bonds is 5. The average Bonchev–Trinajstić information content (AvgIpc) is 1.98. The van der Waals surface area contributed by atoms with Crippen molar-refractivity contribution in [3.63, 3.8) is 0 Å². The summed E-state index contributed by atoms with van der Waals surface area (Å²) in [7, 11) is 3.23. The van der Waals surface area contributed by atoms with Gasteiger partial charge >= 0.3 is 0 Å². The lowest BCUT2D eigenvalue weighted by Gasteiger charge is -2.09. The third kappa shape index (κ3) is 4.58. The second kappa shape index (κ2) is 6.83. The summed E-state index contributed by atoms with van der Waals surface area (Å²) in [5.41, 5.74) is 0. The smallest absolute Gasteiger partial charge is 0.101 e. The predicted octanol–water partition coefficient (Wildman–Crippen LogP) is 0.751. The lowest BCUT2D eigenvalue weighted by atomic mass is 10.4. The first-order valence-corrected chi connectivity index (χ1v) is 3.31. The Morgan fingerprint density at radius 2 is 2.30 bits per heavy atom. The first-order valence-electron chi connectivity index (χ1n) is 2.90. The van der Waals surface area contributed by atoms with Gasteiger partial charge in [-0.15, -0.1) is 0 Å². The normalized spacial score (nSPS) is 12.2. The van der Waals surface area contributed by atoms with Gasteiger partial charge in [-0.05, 0) is 12.2 Å². The summed E-state index contributed by atoms with van der Waals surface area (Å²) in [6.07, 6.45) is 0.000417. The van der Waals surface area contributed by atoms with Crippen LogP contribution in [-0.4, -0.2) is 38.6 Å². The number of nitrogens with zero attached hydrogens (tertiary/aromatic N) is 1. The van der Waals surface area contributed by atoms with Crippen molar-refractivity contribution in [2.75, 3.05) is 27.4 Å². The van der Waals surface area contributed by atoms with Crippen LogP contribution in [0.4, 0.5) is 0 Å². The van der Waals surface area contributed by atoms with Crippen molar-refractivity contribution in [3.8, 4) is 0 Å². The van der Waals surface area contributed by atoms with Gasteiger partial charge in [-0.3, -0.25) is 0 Å². The van der Waals surface area contributed by atoms with Crippen molar-refractivity contribution < 1.29 is 9.47 Å². The zero-order chi connectivity index (χ0) is 7.82. The maximum absolute atomic E-state index is 4.99. The zero-order valence-electron chi connectivity index (χ0n) is 6.16. The molecule has 1 unspecified atom stereocenters. The number of ether oxygens (including phenoxy) is 2. The van der Waals surface area contributed by atoms with Crippen LogP contribution in [-0.2, 0) is 9.47 Å². The molecule has 0 aromatic heterocycles. The Morgan fingerprint density at radius 3 is 2.70 bits per heavy atom. The fourth-order valence-electron chi connectivity index (χ4n) is 0.520. The predicted molar refractivity (Wildman–Crippen MR) is 42.6 cm³/mol. The fourth-order valence-corrected chi connectivity index (χ4v) is 0.595. The summed E-state index contributed by atoms with van der Waals surface area (Å²) < 4.78 is 9.83. The molecule has 0 bridgehead atoms. The molecule has 0 saturated carbocycles. The molecule has 0 fully saturated rings. The van der Waals surface area contributed by atoms with Gasteiger partial charge in [-0.1, -0.05) is 0 Å². The molecule has 0 aromatic carbocycles. The summed E-state index contributed by atoms with van der Waals surface area (Å²) in [5.74, 6) is 0. The van der Waals surface area contributed by atoms with E-state index in [0.717, 1.165) is 0 Å². The standard InChI is InChI=1S/C6H11NO2S/c1-8-4-6(9-2)3-7-5-10/h6H,3-4H2,1-2H3. The molecule has 10 heavy (non-hydrogen) atoms. The van der Waals surface area contributed by atoms with Gasteiger partial charge in [0.2, 0.25) is 0 Å². The number of hydrogen-bond acceptors (Lipinski definition) is 4. The minimum Gasteiger partial charge on any atom is -0.382 e. The second-order valence-corrected chi connectivity index (χ2v) is 1.93. The van der Waals surface area contributed by atoms with Crippen LogP contribution < -0.4 is 0 Å². The Kier molecular flexibility index (Phi) is 6.64. The largest absolute Gasteiger partial charge is 0.382 e. The van der Waals surface area contributed by atoms with Gasteiger partial charge in [0.25, 0.3) is 0 Å². The van der Waals surface area contributed by atoms with E-state index in [-0.39, 0.29) is 6.10 Å². The number of aliphatic imine (C=N–C) groups is 1. The van der Waals surface area contributed by atoms with Crippen LogP contribution in [0.3, 0.4) is 0 Å². The molecular formula is C6H11NO2S. The summed E-state index contributed by atoms with van der Waals surface area (Å²) in [6.45, 7) is 1.06. The highest BCUT2D eigenvalue weighted by atomic mass is 32.1. The van der Waals surface area contributed by atoms with Crippen LogP contribution in [0.2, 0.25) is 0 Å². The van der Waals surface area contributed by atoms with Gasteiger partial charge in [-0.25, -0.2) is 4.99 Å². The van der Waals surface area contributed by atoms with Crippen molar-refractivity contribution in [1.82, 2.24) is 0 Å². The highest BCUT2D eigenvalue weighted by Gasteiger charge is 2.03. The van der Waals surface area contributed by atoms with Crippen LogP contribution in [0.25, 0.3) is 0 Å². The molecule has 3 nitrogen and oxygen atoms in total. The number of hydrogen-bond donors (Lipinski definition) is 0. The molecule has 0 amide bonds. The second-order valence-electron chi connectivity index (χ2n) is 1.75. The van der Waals surface area contributed by atoms with E-state index in [9.17, 15) is 0 Å². The molecule has 0 heterocycles. The van der Waals surface area contributed by atoms with E-state index in [0.29, 0.717) is 13.2 Å². The van der Waals surface area contributed by atoms with Crippen LogP contribution in [0.5, 0.6) is 0 Å².